The van der Waals surface area contributed by atoms with Crippen LogP contribution in [0.5, 0.6) is 5.75 Å². The van der Waals surface area contributed by atoms with Crippen LogP contribution in [0.25, 0.3) is 0 Å². The molecule has 1 saturated heterocycles. The van der Waals surface area contributed by atoms with Gasteiger partial charge in [-0.05, 0) is 29.8 Å². The summed E-state index contributed by atoms with van der Waals surface area (Å²) in [7, 11) is 3.02. The van der Waals surface area contributed by atoms with Gasteiger partial charge >= 0.3 is 12.0 Å². The molecule has 32 heavy (non-hydrogen) atoms. The van der Waals surface area contributed by atoms with Crippen LogP contribution in [-0.2, 0) is 9.53 Å². The summed E-state index contributed by atoms with van der Waals surface area (Å²) in [5.74, 6) is 0.391. The molecule has 2 aromatic rings. The number of benzene rings is 2. The summed E-state index contributed by atoms with van der Waals surface area (Å²) in [5, 5.41) is 5.70. The molecule has 2 aliphatic heterocycles. The summed E-state index contributed by atoms with van der Waals surface area (Å²) in [6.07, 6.45) is 0. The van der Waals surface area contributed by atoms with Crippen molar-refractivity contribution in [1.29, 1.82) is 0 Å². The molecule has 2 heterocycles. The number of anilines is 1. The number of ether oxygens (including phenoxy) is 2. The fourth-order valence-electron chi connectivity index (χ4n) is 4.17. The third-order valence-corrected chi connectivity index (χ3v) is 5.88. The van der Waals surface area contributed by atoms with Gasteiger partial charge < -0.3 is 25.0 Å². The number of nitrogens with one attached hydrogen (secondary N) is 2. The molecule has 0 spiro atoms. The highest BCUT2D eigenvalue weighted by atomic mass is 16.5. The number of piperazine rings is 1. The largest absolute Gasteiger partial charge is 0.497 e. The van der Waals surface area contributed by atoms with Gasteiger partial charge in [0.25, 0.3) is 0 Å². The highest BCUT2D eigenvalue weighted by molar-refractivity contribution is 5.95. The molecule has 8 nitrogen and oxygen atoms in total. The van der Waals surface area contributed by atoms with Gasteiger partial charge in [-0.15, -0.1) is 0 Å². The van der Waals surface area contributed by atoms with E-state index < -0.39 is 12.0 Å². The Morgan fingerprint density at radius 3 is 2.31 bits per heavy atom. The summed E-state index contributed by atoms with van der Waals surface area (Å²) < 4.78 is 10.3. The predicted molar refractivity (Wildman–Crippen MR) is 122 cm³/mol. The number of amides is 2. The van der Waals surface area contributed by atoms with Crippen molar-refractivity contribution < 1.29 is 19.1 Å². The van der Waals surface area contributed by atoms with E-state index in [1.165, 1.54) is 7.11 Å². The van der Waals surface area contributed by atoms with Gasteiger partial charge in [-0.25, -0.2) is 9.59 Å². The fraction of sp³-hybridized carbons (Fsp3) is 0.333. The molecule has 0 aliphatic carbocycles. The average molecular weight is 437 g/mol. The van der Waals surface area contributed by atoms with E-state index in [2.05, 4.69) is 32.6 Å². The van der Waals surface area contributed by atoms with E-state index in [4.69, 9.17) is 9.47 Å². The summed E-state index contributed by atoms with van der Waals surface area (Å²) in [6.45, 7) is 3.78. The highest BCUT2D eigenvalue weighted by Gasteiger charge is 2.34. The Morgan fingerprint density at radius 1 is 1.00 bits per heavy atom. The van der Waals surface area contributed by atoms with Crippen LogP contribution >= 0.6 is 0 Å². The maximum absolute atomic E-state index is 12.7. The summed E-state index contributed by atoms with van der Waals surface area (Å²) >= 11 is 0. The number of esters is 1. The van der Waals surface area contributed by atoms with Crippen molar-refractivity contribution >= 4 is 17.7 Å². The molecule has 0 saturated carbocycles. The molecule has 2 amide bonds. The van der Waals surface area contributed by atoms with Crippen molar-refractivity contribution in [2.24, 2.45) is 0 Å². The average Bonchev–Trinajstić information content (AvgIpc) is 2.84. The summed E-state index contributed by atoms with van der Waals surface area (Å²) in [5.41, 5.74) is 3.02. The monoisotopic (exact) mass is 436 g/mol. The lowest BCUT2D eigenvalue weighted by Crippen LogP contribution is -2.51. The zero-order chi connectivity index (χ0) is 22.5. The smallest absolute Gasteiger partial charge is 0.338 e. The molecule has 1 fully saturated rings. The Balaban J connectivity index is 1.50. The number of carbonyl (C=O) groups is 2. The fourth-order valence-corrected chi connectivity index (χ4v) is 4.17. The van der Waals surface area contributed by atoms with Crippen LogP contribution < -0.4 is 20.3 Å². The van der Waals surface area contributed by atoms with Crippen LogP contribution in [-0.4, -0.2) is 63.8 Å². The van der Waals surface area contributed by atoms with Crippen LogP contribution in [0.2, 0.25) is 0 Å². The van der Waals surface area contributed by atoms with E-state index in [9.17, 15) is 9.59 Å². The Kier molecular flexibility index (Phi) is 6.61. The molecule has 2 aromatic carbocycles. The molecular formula is C24H28N4O4. The Hall–Kier alpha value is -3.52. The zero-order valence-corrected chi connectivity index (χ0v) is 18.3. The zero-order valence-electron chi connectivity index (χ0n) is 18.3. The molecule has 0 radical (unpaired) electrons. The lowest BCUT2D eigenvalue weighted by molar-refractivity contribution is -0.136. The van der Waals surface area contributed by atoms with Crippen LogP contribution in [0.4, 0.5) is 10.5 Å². The number of hydrogen-bond donors (Lipinski definition) is 2. The van der Waals surface area contributed by atoms with Crippen LogP contribution in [0.15, 0.2) is 65.9 Å². The molecule has 2 N–H and O–H groups in total. The third-order valence-electron chi connectivity index (χ3n) is 5.88. The van der Waals surface area contributed by atoms with Crippen molar-refractivity contribution in [2.75, 3.05) is 51.8 Å². The van der Waals surface area contributed by atoms with Gasteiger partial charge in [0.05, 0.1) is 25.8 Å². The molecule has 0 aromatic heterocycles. The van der Waals surface area contributed by atoms with Crippen molar-refractivity contribution in [3.05, 3.63) is 71.4 Å². The van der Waals surface area contributed by atoms with E-state index in [1.807, 2.05) is 42.5 Å². The minimum absolute atomic E-state index is 0.321. The molecule has 2 aliphatic rings. The van der Waals surface area contributed by atoms with Gasteiger partial charge in [0.1, 0.15) is 5.75 Å². The maximum atomic E-state index is 12.7. The SMILES string of the molecule is COC(=O)C1=C(CN2CCN(c3ccc(OC)cc3)CC2)NC(=O)NC1c1ccccc1. The van der Waals surface area contributed by atoms with Crippen molar-refractivity contribution in [3.8, 4) is 5.75 Å². The van der Waals surface area contributed by atoms with E-state index in [0.29, 0.717) is 17.8 Å². The quantitative estimate of drug-likeness (QED) is 0.677. The van der Waals surface area contributed by atoms with E-state index in [-0.39, 0.29) is 6.03 Å². The number of carbonyl (C=O) groups excluding carboxylic acids is 2. The van der Waals surface area contributed by atoms with E-state index in [0.717, 1.165) is 43.2 Å². The van der Waals surface area contributed by atoms with Gasteiger partial charge in [0, 0.05) is 44.1 Å². The first-order valence-corrected chi connectivity index (χ1v) is 10.6. The van der Waals surface area contributed by atoms with Gasteiger partial charge in [0.15, 0.2) is 0 Å². The lowest BCUT2D eigenvalue weighted by atomic mass is 9.95. The topological polar surface area (TPSA) is 83.1 Å². The van der Waals surface area contributed by atoms with Crippen LogP contribution in [0.1, 0.15) is 11.6 Å². The summed E-state index contributed by atoms with van der Waals surface area (Å²) in [4.78, 5) is 29.7. The first-order valence-electron chi connectivity index (χ1n) is 10.6. The Bertz CT molecular complexity index is 983. The standard InChI is InChI=1S/C24H28N4O4/c1-31-19-10-8-18(9-11-19)28-14-12-27(13-15-28)16-20-21(23(29)32-2)22(26-24(30)25-20)17-6-4-3-5-7-17/h3-11,22H,12-16H2,1-2H3,(H2,25,26,30). The van der Waals surface area contributed by atoms with Gasteiger partial charge in [-0.3, -0.25) is 4.90 Å². The van der Waals surface area contributed by atoms with Gasteiger partial charge in [0.2, 0.25) is 0 Å². The van der Waals surface area contributed by atoms with Crippen molar-refractivity contribution in [2.45, 2.75) is 6.04 Å². The molecule has 168 valence electrons. The Morgan fingerprint density at radius 2 is 1.69 bits per heavy atom. The minimum Gasteiger partial charge on any atom is -0.497 e. The second-order valence-electron chi connectivity index (χ2n) is 7.79. The molecule has 4 rings (SSSR count). The Labute approximate surface area is 187 Å². The molecule has 0 bridgehead atoms. The number of methoxy groups -OCH3 is 2. The lowest BCUT2D eigenvalue weighted by Gasteiger charge is -2.38. The van der Waals surface area contributed by atoms with Crippen molar-refractivity contribution in [3.63, 3.8) is 0 Å². The second kappa shape index (κ2) is 9.74. The number of nitrogens with zero attached hydrogens (tertiary/aromatic N) is 2. The highest BCUT2D eigenvalue weighted by Crippen LogP contribution is 2.28. The second-order valence-corrected chi connectivity index (χ2v) is 7.79. The van der Waals surface area contributed by atoms with Crippen LogP contribution in [0, 0.1) is 0 Å². The number of hydrogen-bond acceptors (Lipinski definition) is 6. The molecule has 1 atom stereocenters. The first kappa shape index (κ1) is 21.7. The summed E-state index contributed by atoms with van der Waals surface area (Å²) in [6, 6.07) is 16.6. The predicted octanol–water partition coefficient (Wildman–Crippen LogP) is 2.30. The van der Waals surface area contributed by atoms with Gasteiger partial charge in [-0.1, -0.05) is 30.3 Å². The third kappa shape index (κ3) is 4.70. The van der Waals surface area contributed by atoms with E-state index >= 15 is 0 Å². The molecule has 1 unspecified atom stereocenters. The van der Waals surface area contributed by atoms with E-state index in [1.54, 1.807) is 7.11 Å². The minimum atomic E-state index is -0.548. The number of rotatable bonds is 6. The van der Waals surface area contributed by atoms with Gasteiger partial charge in [-0.2, -0.15) is 0 Å². The van der Waals surface area contributed by atoms with Crippen LogP contribution in [0.3, 0.4) is 0 Å². The van der Waals surface area contributed by atoms with Crippen molar-refractivity contribution in [1.82, 2.24) is 15.5 Å². The molecular weight excluding hydrogens is 408 g/mol. The maximum Gasteiger partial charge on any atom is 0.338 e. The first-order chi connectivity index (χ1) is 15.6. The number of urea groups is 1. The normalized spacial score (nSPS) is 19.2. The molecule has 8 heteroatoms.